The van der Waals surface area contributed by atoms with Crippen LogP contribution in [0.1, 0.15) is 36.1 Å². The minimum atomic E-state index is -4.27. The Morgan fingerprint density at radius 3 is 2.70 bits per heavy atom. The van der Waals surface area contributed by atoms with Crippen molar-refractivity contribution in [1.82, 2.24) is 5.32 Å². The fourth-order valence-electron chi connectivity index (χ4n) is 2.62. The second-order valence-electron chi connectivity index (χ2n) is 5.12. The molecule has 1 atom stereocenters. The first-order chi connectivity index (χ1) is 9.49. The van der Waals surface area contributed by atoms with E-state index in [-0.39, 0.29) is 12.6 Å². The van der Waals surface area contributed by atoms with Crippen molar-refractivity contribution in [2.45, 2.75) is 38.4 Å². The van der Waals surface area contributed by atoms with Gasteiger partial charge in [0.25, 0.3) is 0 Å². The highest BCUT2D eigenvalue weighted by atomic mass is 19.4. The summed E-state index contributed by atoms with van der Waals surface area (Å²) in [7, 11) is 0. The molecule has 0 amide bonds. The quantitative estimate of drug-likeness (QED) is 0.866. The van der Waals surface area contributed by atoms with Crippen LogP contribution < -0.4 is 5.32 Å². The van der Waals surface area contributed by atoms with Gasteiger partial charge in [0, 0.05) is 0 Å². The summed E-state index contributed by atoms with van der Waals surface area (Å²) in [6.07, 6.45) is -0.943. The molecule has 1 N–H and O–H groups in total. The summed E-state index contributed by atoms with van der Waals surface area (Å²) in [5, 5.41) is 3.18. The average Bonchev–Trinajstić information content (AvgIpc) is 2.83. The van der Waals surface area contributed by atoms with Crippen LogP contribution in [0, 0.1) is 0 Å². The second kappa shape index (κ2) is 6.59. The lowest BCUT2D eigenvalue weighted by molar-refractivity contribution is -0.175. The molecule has 0 heterocycles. The van der Waals surface area contributed by atoms with E-state index < -0.39 is 12.8 Å². The first kappa shape index (κ1) is 15.3. The highest BCUT2D eigenvalue weighted by Gasteiger charge is 2.28. The molecule has 0 saturated heterocycles. The maximum absolute atomic E-state index is 12.1. The first-order valence-electron chi connectivity index (χ1n) is 6.99. The molecule has 1 aromatic rings. The molecule has 20 heavy (non-hydrogen) atoms. The SMILES string of the molecule is CCNC(COCC(F)(F)F)c1ccc2c(c1)CCC2. The van der Waals surface area contributed by atoms with Gasteiger partial charge < -0.3 is 10.1 Å². The maximum atomic E-state index is 12.1. The van der Waals surface area contributed by atoms with Gasteiger partial charge in [-0.3, -0.25) is 0 Å². The zero-order valence-corrected chi connectivity index (χ0v) is 11.6. The van der Waals surface area contributed by atoms with E-state index in [1.54, 1.807) is 0 Å². The van der Waals surface area contributed by atoms with Gasteiger partial charge in [0.15, 0.2) is 0 Å². The van der Waals surface area contributed by atoms with Crippen LogP contribution in [0.4, 0.5) is 13.2 Å². The molecule has 1 aromatic carbocycles. The van der Waals surface area contributed by atoms with Gasteiger partial charge in [0.2, 0.25) is 0 Å². The summed E-state index contributed by atoms with van der Waals surface area (Å²) >= 11 is 0. The summed E-state index contributed by atoms with van der Waals surface area (Å²) in [5.41, 5.74) is 3.69. The Morgan fingerprint density at radius 2 is 2.00 bits per heavy atom. The molecule has 0 radical (unpaired) electrons. The van der Waals surface area contributed by atoms with E-state index in [0.717, 1.165) is 24.8 Å². The number of rotatable bonds is 6. The predicted octanol–water partition coefficient (Wildman–Crippen LogP) is 3.40. The normalized spacial score (nSPS) is 16.2. The van der Waals surface area contributed by atoms with Crippen molar-refractivity contribution in [1.29, 1.82) is 0 Å². The third kappa shape index (κ3) is 4.21. The fourth-order valence-corrected chi connectivity index (χ4v) is 2.62. The fraction of sp³-hybridized carbons (Fsp3) is 0.600. The van der Waals surface area contributed by atoms with Crippen LogP contribution in [-0.2, 0) is 17.6 Å². The molecule has 0 fully saturated rings. The molecule has 0 spiro atoms. The lowest BCUT2D eigenvalue weighted by Crippen LogP contribution is -2.28. The maximum Gasteiger partial charge on any atom is 0.411 e. The van der Waals surface area contributed by atoms with E-state index in [1.807, 2.05) is 13.0 Å². The van der Waals surface area contributed by atoms with Gasteiger partial charge >= 0.3 is 6.18 Å². The molecule has 0 saturated carbocycles. The van der Waals surface area contributed by atoms with E-state index in [0.29, 0.717) is 6.54 Å². The number of fused-ring (bicyclic) bond motifs is 1. The molecule has 1 unspecified atom stereocenters. The lowest BCUT2D eigenvalue weighted by atomic mass is 10.0. The highest BCUT2D eigenvalue weighted by molar-refractivity contribution is 5.36. The highest BCUT2D eigenvalue weighted by Crippen LogP contribution is 2.26. The molecule has 112 valence electrons. The van der Waals surface area contributed by atoms with E-state index in [9.17, 15) is 13.2 Å². The molecule has 1 aliphatic rings. The van der Waals surface area contributed by atoms with Crippen molar-refractivity contribution in [2.24, 2.45) is 0 Å². The summed E-state index contributed by atoms with van der Waals surface area (Å²) in [4.78, 5) is 0. The Bertz CT molecular complexity index is 445. The molecule has 2 rings (SSSR count). The molecular formula is C15H20F3NO. The zero-order valence-electron chi connectivity index (χ0n) is 11.6. The molecule has 1 aliphatic carbocycles. The van der Waals surface area contributed by atoms with Crippen molar-refractivity contribution in [3.63, 3.8) is 0 Å². The van der Waals surface area contributed by atoms with Crippen LogP contribution in [0.3, 0.4) is 0 Å². The first-order valence-corrected chi connectivity index (χ1v) is 6.99. The third-order valence-electron chi connectivity index (χ3n) is 3.53. The summed E-state index contributed by atoms with van der Waals surface area (Å²) in [6, 6.07) is 6.00. The van der Waals surface area contributed by atoms with E-state index in [1.165, 1.54) is 11.1 Å². The van der Waals surface area contributed by atoms with E-state index in [4.69, 9.17) is 4.74 Å². The molecule has 5 heteroatoms. The summed E-state index contributed by atoms with van der Waals surface area (Å²) in [5.74, 6) is 0. The van der Waals surface area contributed by atoms with Gasteiger partial charge in [-0.1, -0.05) is 25.1 Å². The van der Waals surface area contributed by atoms with Crippen LogP contribution in [-0.4, -0.2) is 25.9 Å². The second-order valence-corrected chi connectivity index (χ2v) is 5.12. The predicted molar refractivity (Wildman–Crippen MR) is 71.8 cm³/mol. The van der Waals surface area contributed by atoms with Crippen molar-refractivity contribution < 1.29 is 17.9 Å². The van der Waals surface area contributed by atoms with Gasteiger partial charge in [0.05, 0.1) is 12.6 Å². The van der Waals surface area contributed by atoms with Crippen molar-refractivity contribution in [3.05, 3.63) is 34.9 Å². The Balaban J connectivity index is 2.00. The lowest BCUT2D eigenvalue weighted by Gasteiger charge is -2.20. The van der Waals surface area contributed by atoms with Gasteiger partial charge in [-0.25, -0.2) is 0 Å². The van der Waals surface area contributed by atoms with Crippen LogP contribution in [0.15, 0.2) is 18.2 Å². The number of likely N-dealkylation sites (N-methyl/N-ethyl adjacent to an activating group) is 1. The Morgan fingerprint density at radius 1 is 1.25 bits per heavy atom. The van der Waals surface area contributed by atoms with Gasteiger partial charge in [-0.2, -0.15) is 13.2 Å². The minimum absolute atomic E-state index is 0.0339. The van der Waals surface area contributed by atoms with Gasteiger partial charge in [-0.15, -0.1) is 0 Å². The molecule has 2 nitrogen and oxygen atoms in total. The number of alkyl halides is 3. The molecular weight excluding hydrogens is 267 g/mol. The Hall–Kier alpha value is -1.07. The van der Waals surface area contributed by atoms with Crippen molar-refractivity contribution >= 4 is 0 Å². The van der Waals surface area contributed by atoms with Gasteiger partial charge in [0.1, 0.15) is 6.61 Å². The number of benzene rings is 1. The van der Waals surface area contributed by atoms with Crippen LogP contribution in [0.25, 0.3) is 0 Å². The number of hydrogen-bond acceptors (Lipinski definition) is 2. The van der Waals surface area contributed by atoms with Gasteiger partial charge in [-0.05, 0) is 42.5 Å². The number of aryl methyl sites for hydroxylation is 2. The summed E-state index contributed by atoms with van der Waals surface area (Å²) < 4.78 is 41.2. The summed E-state index contributed by atoms with van der Waals surface area (Å²) in [6.45, 7) is 1.47. The standard InChI is InChI=1S/C15H20F3NO/c1-2-19-14(9-20-10-15(16,17)18)13-7-6-11-4-3-5-12(11)8-13/h6-8,14,19H,2-5,9-10H2,1H3. The largest absolute Gasteiger partial charge is 0.411 e. The Labute approximate surface area is 117 Å². The van der Waals surface area contributed by atoms with Crippen molar-refractivity contribution in [3.8, 4) is 0 Å². The van der Waals surface area contributed by atoms with E-state index >= 15 is 0 Å². The van der Waals surface area contributed by atoms with Crippen LogP contribution >= 0.6 is 0 Å². The van der Waals surface area contributed by atoms with Crippen LogP contribution in [0.5, 0.6) is 0 Å². The molecule has 0 aromatic heterocycles. The Kier molecular flexibility index (Phi) is 5.05. The molecule has 0 aliphatic heterocycles. The number of hydrogen-bond donors (Lipinski definition) is 1. The number of halogens is 3. The molecule has 0 bridgehead atoms. The van der Waals surface area contributed by atoms with E-state index in [2.05, 4.69) is 17.4 Å². The third-order valence-corrected chi connectivity index (χ3v) is 3.53. The van der Waals surface area contributed by atoms with Crippen LogP contribution in [0.2, 0.25) is 0 Å². The number of ether oxygens (including phenoxy) is 1. The average molecular weight is 287 g/mol. The monoisotopic (exact) mass is 287 g/mol. The topological polar surface area (TPSA) is 21.3 Å². The minimum Gasteiger partial charge on any atom is -0.370 e. The zero-order chi connectivity index (χ0) is 14.6. The van der Waals surface area contributed by atoms with Crippen molar-refractivity contribution in [2.75, 3.05) is 19.8 Å². The smallest absolute Gasteiger partial charge is 0.370 e. The number of nitrogens with one attached hydrogen (secondary N) is 1.